The van der Waals surface area contributed by atoms with Crippen LogP contribution in [0.25, 0.3) is 0 Å². The molecule has 0 spiro atoms. The average Bonchev–Trinajstić information content (AvgIpc) is 2.49. The van der Waals surface area contributed by atoms with Crippen LogP contribution in [0.5, 0.6) is 0 Å². The van der Waals surface area contributed by atoms with Crippen LogP contribution in [0.15, 0.2) is 53.5 Å². The summed E-state index contributed by atoms with van der Waals surface area (Å²) in [5, 5.41) is 0. The molecule has 2 aromatic rings. The Bertz CT molecular complexity index is 721. The Kier molecular flexibility index (Phi) is 5.17. The number of nitrogens with zero attached hydrogens (tertiary/aromatic N) is 2. The molecule has 2 heteroatoms. The Morgan fingerprint density at radius 1 is 0.792 bits per heavy atom. The number of anilines is 1. The molecule has 0 saturated carbocycles. The molecule has 0 radical (unpaired) electrons. The molecule has 0 heterocycles. The summed E-state index contributed by atoms with van der Waals surface area (Å²) in [4.78, 5) is 7.12. The van der Waals surface area contributed by atoms with Gasteiger partial charge in [-0.05, 0) is 56.4 Å². The van der Waals surface area contributed by atoms with E-state index >= 15 is 0 Å². The van der Waals surface area contributed by atoms with Crippen LogP contribution in [0.2, 0.25) is 0 Å². The van der Waals surface area contributed by atoms with E-state index in [9.17, 15) is 0 Å². The molecule has 0 atom stereocenters. The SMILES string of the molecule is Cc1ccccc1N=CN(c1ccccc1C)C(C)(C)C(C)(C)C. The number of rotatable bonds is 4. The number of hydrogen-bond donors (Lipinski definition) is 0. The zero-order valence-electron chi connectivity index (χ0n) is 16.1. The van der Waals surface area contributed by atoms with Crippen molar-refractivity contribution in [2.45, 2.75) is 54.0 Å². The van der Waals surface area contributed by atoms with Crippen LogP contribution in [0, 0.1) is 19.3 Å². The number of hydrogen-bond acceptors (Lipinski definition) is 1. The predicted molar refractivity (Wildman–Crippen MR) is 107 cm³/mol. The summed E-state index contributed by atoms with van der Waals surface area (Å²) >= 11 is 0. The highest BCUT2D eigenvalue weighted by atomic mass is 15.2. The molecular formula is C22H30N2. The third kappa shape index (κ3) is 3.69. The van der Waals surface area contributed by atoms with Crippen LogP contribution in [0.3, 0.4) is 0 Å². The predicted octanol–water partition coefficient (Wildman–Crippen LogP) is 6.29. The second-order valence-electron chi connectivity index (χ2n) is 8.00. The quantitative estimate of drug-likeness (QED) is 0.477. The minimum atomic E-state index is -0.0920. The maximum atomic E-state index is 4.80. The number of aliphatic imine (C=N–C) groups is 1. The molecule has 2 aromatic carbocycles. The molecule has 0 aliphatic heterocycles. The van der Waals surface area contributed by atoms with Crippen molar-refractivity contribution in [3.63, 3.8) is 0 Å². The van der Waals surface area contributed by atoms with Crippen LogP contribution in [-0.2, 0) is 0 Å². The van der Waals surface area contributed by atoms with E-state index in [0.29, 0.717) is 0 Å². The van der Waals surface area contributed by atoms with Crippen molar-refractivity contribution in [3.8, 4) is 0 Å². The van der Waals surface area contributed by atoms with E-state index in [-0.39, 0.29) is 11.0 Å². The van der Waals surface area contributed by atoms with Gasteiger partial charge in [-0.2, -0.15) is 0 Å². The molecule has 0 bridgehead atoms. The zero-order chi connectivity index (χ0) is 18.0. The fourth-order valence-corrected chi connectivity index (χ4v) is 2.53. The van der Waals surface area contributed by atoms with Crippen LogP contribution in [0.4, 0.5) is 11.4 Å². The van der Waals surface area contributed by atoms with Gasteiger partial charge < -0.3 is 4.90 Å². The van der Waals surface area contributed by atoms with Crippen molar-refractivity contribution in [2.24, 2.45) is 10.4 Å². The smallest absolute Gasteiger partial charge is 0.0962 e. The molecule has 0 aliphatic carbocycles. The van der Waals surface area contributed by atoms with Gasteiger partial charge in [0.15, 0.2) is 0 Å². The fourth-order valence-electron chi connectivity index (χ4n) is 2.53. The van der Waals surface area contributed by atoms with Crippen LogP contribution < -0.4 is 4.90 Å². The lowest BCUT2D eigenvalue weighted by atomic mass is 9.75. The van der Waals surface area contributed by atoms with Crippen molar-refractivity contribution in [3.05, 3.63) is 59.7 Å². The first-order chi connectivity index (χ1) is 11.1. The Balaban J connectivity index is 2.52. The second-order valence-corrected chi connectivity index (χ2v) is 8.00. The summed E-state index contributed by atoms with van der Waals surface area (Å²) < 4.78 is 0. The highest BCUT2D eigenvalue weighted by Crippen LogP contribution is 2.38. The van der Waals surface area contributed by atoms with E-state index in [1.807, 2.05) is 18.5 Å². The Morgan fingerprint density at radius 2 is 1.33 bits per heavy atom. The molecule has 0 unspecified atom stereocenters. The Hall–Kier alpha value is -2.09. The minimum Gasteiger partial charge on any atom is -0.326 e. The number of aryl methyl sites for hydroxylation is 2. The number of para-hydroxylation sites is 2. The van der Waals surface area contributed by atoms with Crippen LogP contribution >= 0.6 is 0 Å². The summed E-state index contributed by atoms with van der Waals surface area (Å²) in [5.74, 6) is 0. The van der Waals surface area contributed by atoms with Gasteiger partial charge in [0.25, 0.3) is 0 Å². The highest BCUT2D eigenvalue weighted by Gasteiger charge is 2.38. The molecule has 0 amide bonds. The summed E-state index contributed by atoms with van der Waals surface area (Å²) in [6, 6.07) is 16.7. The van der Waals surface area contributed by atoms with E-state index in [4.69, 9.17) is 4.99 Å². The molecule has 0 aromatic heterocycles. The third-order valence-electron chi connectivity index (χ3n) is 5.24. The van der Waals surface area contributed by atoms with E-state index in [0.717, 1.165) is 5.69 Å². The van der Waals surface area contributed by atoms with Gasteiger partial charge in [0.1, 0.15) is 0 Å². The van der Waals surface area contributed by atoms with Gasteiger partial charge >= 0.3 is 0 Å². The third-order valence-corrected chi connectivity index (χ3v) is 5.24. The molecule has 0 aliphatic rings. The van der Waals surface area contributed by atoms with E-state index < -0.39 is 0 Å². The topological polar surface area (TPSA) is 15.6 Å². The van der Waals surface area contributed by atoms with E-state index in [2.05, 4.69) is 89.8 Å². The first-order valence-electron chi connectivity index (χ1n) is 8.59. The first kappa shape index (κ1) is 18.3. The van der Waals surface area contributed by atoms with Crippen molar-refractivity contribution in [1.82, 2.24) is 0 Å². The standard InChI is InChI=1S/C22H30N2/c1-17-12-8-10-14-19(17)23-16-24(22(6,7)21(3,4)5)20-15-11-9-13-18(20)2/h8-16H,1-7H3. The van der Waals surface area contributed by atoms with E-state index in [1.54, 1.807) is 0 Å². The molecule has 24 heavy (non-hydrogen) atoms. The minimum absolute atomic E-state index is 0.0903. The van der Waals surface area contributed by atoms with Crippen molar-refractivity contribution < 1.29 is 0 Å². The molecule has 0 N–H and O–H groups in total. The van der Waals surface area contributed by atoms with Gasteiger partial charge in [-0.15, -0.1) is 0 Å². The summed E-state index contributed by atoms with van der Waals surface area (Å²) in [5.41, 5.74) is 4.66. The molecule has 2 nitrogen and oxygen atoms in total. The first-order valence-corrected chi connectivity index (χ1v) is 8.59. The second kappa shape index (κ2) is 6.80. The van der Waals surface area contributed by atoms with Crippen molar-refractivity contribution in [2.75, 3.05) is 4.90 Å². The van der Waals surface area contributed by atoms with Gasteiger partial charge in [-0.3, -0.25) is 0 Å². The molecule has 0 fully saturated rings. The lowest BCUT2D eigenvalue weighted by Gasteiger charge is -2.47. The molecular weight excluding hydrogens is 292 g/mol. The molecule has 2 rings (SSSR count). The van der Waals surface area contributed by atoms with Gasteiger partial charge in [0, 0.05) is 11.2 Å². The average molecular weight is 322 g/mol. The molecule has 0 saturated heterocycles. The van der Waals surface area contributed by atoms with Crippen LogP contribution in [0.1, 0.15) is 45.7 Å². The largest absolute Gasteiger partial charge is 0.326 e. The summed E-state index contributed by atoms with van der Waals surface area (Å²) in [7, 11) is 0. The lowest BCUT2D eigenvalue weighted by molar-refractivity contribution is 0.233. The van der Waals surface area contributed by atoms with Crippen LogP contribution in [-0.4, -0.2) is 11.9 Å². The number of benzene rings is 2. The molecule has 128 valence electrons. The summed E-state index contributed by atoms with van der Waals surface area (Å²) in [6.45, 7) is 15.6. The van der Waals surface area contributed by atoms with Crippen molar-refractivity contribution in [1.29, 1.82) is 0 Å². The fraction of sp³-hybridized carbons (Fsp3) is 0.409. The van der Waals surface area contributed by atoms with Crippen molar-refractivity contribution >= 4 is 17.7 Å². The zero-order valence-corrected chi connectivity index (χ0v) is 16.1. The highest BCUT2D eigenvalue weighted by molar-refractivity contribution is 5.84. The Labute approximate surface area is 147 Å². The maximum Gasteiger partial charge on any atom is 0.0962 e. The van der Waals surface area contributed by atoms with Gasteiger partial charge in [0.2, 0.25) is 0 Å². The lowest BCUT2D eigenvalue weighted by Crippen LogP contribution is -2.52. The normalized spacial score (nSPS) is 12.6. The van der Waals surface area contributed by atoms with Gasteiger partial charge in [-0.25, -0.2) is 4.99 Å². The maximum absolute atomic E-state index is 4.80. The van der Waals surface area contributed by atoms with Gasteiger partial charge in [0.05, 0.1) is 12.0 Å². The monoisotopic (exact) mass is 322 g/mol. The summed E-state index contributed by atoms with van der Waals surface area (Å²) in [6.07, 6.45) is 2.00. The Morgan fingerprint density at radius 3 is 1.88 bits per heavy atom. The van der Waals surface area contributed by atoms with Gasteiger partial charge in [-0.1, -0.05) is 57.2 Å². The van der Waals surface area contributed by atoms with E-state index in [1.165, 1.54) is 16.8 Å².